The van der Waals surface area contributed by atoms with E-state index < -0.39 is 0 Å². The fraction of sp³-hybridized carbons (Fsp3) is 0.190. The lowest BCUT2D eigenvalue weighted by Gasteiger charge is -2.18. The first-order valence-electron chi connectivity index (χ1n) is 9.24. The number of furan rings is 1. The third-order valence-corrected chi connectivity index (χ3v) is 6.28. The fourth-order valence-electron chi connectivity index (χ4n) is 3.02. The molecular weight excluding hydrogens is 404 g/mol. The van der Waals surface area contributed by atoms with E-state index in [4.69, 9.17) is 4.42 Å². The van der Waals surface area contributed by atoms with Gasteiger partial charge in [0.1, 0.15) is 0 Å². The molecule has 0 saturated heterocycles. The predicted molar refractivity (Wildman–Crippen MR) is 115 cm³/mol. The molecule has 0 spiro atoms. The molecule has 1 atom stereocenters. The van der Waals surface area contributed by atoms with Crippen LogP contribution in [0.4, 0.5) is 0 Å². The monoisotopic (exact) mass is 424 g/mol. The highest BCUT2D eigenvalue weighted by Gasteiger charge is 2.20. The van der Waals surface area contributed by atoms with Gasteiger partial charge in [-0.25, -0.2) is 0 Å². The molecule has 6 nitrogen and oxygen atoms in total. The van der Waals surface area contributed by atoms with Crippen LogP contribution in [0.25, 0.3) is 11.6 Å². The highest BCUT2D eigenvalue weighted by atomic mass is 32.2. The van der Waals surface area contributed by atoms with E-state index in [1.807, 2.05) is 71.5 Å². The van der Waals surface area contributed by atoms with Crippen LogP contribution in [0, 0.1) is 0 Å². The van der Waals surface area contributed by atoms with Crippen LogP contribution in [0.1, 0.15) is 23.4 Å². The summed E-state index contributed by atoms with van der Waals surface area (Å²) >= 11 is 3.00. The number of rotatable bonds is 8. The number of hydrogen-bond donors (Lipinski definition) is 1. The van der Waals surface area contributed by atoms with E-state index in [0.29, 0.717) is 23.3 Å². The van der Waals surface area contributed by atoms with Gasteiger partial charge >= 0.3 is 0 Å². The number of amides is 1. The van der Waals surface area contributed by atoms with Gasteiger partial charge in [0, 0.05) is 11.4 Å². The van der Waals surface area contributed by atoms with Crippen LogP contribution in [0.5, 0.6) is 0 Å². The molecule has 8 heteroatoms. The quantitative estimate of drug-likeness (QED) is 0.418. The van der Waals surface area contributed by atoms with Crippen LogP contribution in [-0.2, 0) is 11.3 Å². The van der Waals surface area contributed by atoms with Gasteiger partial charge in [0.2, 0.25) is 5.91 Å². The average molecular weight is 425 g/mol. The zero-order valence-corrected chi connectivity index (χ0v) is 17.5. The molecule has 0 aliphatic carbocycles. The molecule has 0 fully saturated rings. The van der Waals surface area contributed by atoms with Crippen molar-refractivity contribution in [1.82, 2.24) is 20.1 Å². The van der Waals surface area contributed by atoms with E-state index in [0.717, 1.165) is 10.4 Å². The summed E-state index contributed by atoms with van der Waals surface area (Å²) < 4.78 is 7.38. The molecule has 1 aromatic carbocycles. The second-order valence-corrected chi connectivity index (χ2v) is 8.16. The van der Waals surface area contributed by atoms with Gasteiger partial charge in [-0.2, -0.15) is 0 Å². The van der Waals surface area contributed by atoms with Crippen molar-refractivity contribution < 1.29 is 9.21 Å². The smallest absolute Gasteiger partial charge is 0.231 e. The highest BCUT2D eigenvalue weighted by Crippen LogP contribution is 2.27. The summed E-state index contributed by atoms with van der Waals surface area (Å²) in [5.74, 6) is 1.53. The Kier molecular flexibility index (Phi) is 6.12. The summed E-state index contributed by atoms with van der Waals surface area (Å²) in [5, 5.41) is 14.3. The molecular formula is C21H20N4O2S2. The second-order valence-electron chi connectivity index (χ2n) is 6.24. The van der Waals surface area contributed by atoms with Gasteiger partial charge in [0.05, 0.1) is 18.1 Å². The minimum Gasteiger partial charge on any atom is -0.461 e. The minimum absolute atomic E-state index is 0.0533. The van der Waals surface area contributed by atoms with Crippen molar-refractivity contribution in [1.29, 1.82) is 0 Å². The molecule has 4 rings (SSSR count). The molecule has 0 unspecified atom stereocenters. The van der Waals surface area contributed by atoms with Crippen LogP contribution >= 0.6 is 23.1 Å². The summed E-state index contributed by atoms with van der Waals surface area (Å²) in [6.07, 6.45) is 1.61. The standard InChI is InChI=1S/C21H20N4O2S2/c1-2-25-20(16-10-6-12-27-16)23-24-21(25)29-14-18(26)22-19(17-11-7-13-28-17)15-8-4-3-5-9-15/h3-13,19H,2,14H2,1H3,(H,22,26)/t19-/m0/s1. The molecule has 3 heterocycles. The van der Waals surface area contributed by atoms with Crippen molar-refractivity contribution in [2.45, 2.75) is 24.7 Å². The number of nitrogens with one attached hydrogen (secondary N) is 1. The Hall–Kier alpha value is -2.84. The van der Waals surface area contributed by atoms with Crippen LogP contribution in [0.3, 0.4) is 0 Å². The summed E-state index contributed by atoms with van der Waals surface area (Å²) in [5.41, 5.74) is 1.06. The van der Waals surface area contributed by atoms with Gasteiger partial charge < -0.3 is 9.73 Å². The Balaban J connectivity index is 1.46. The summed E-state index contributed by atoms with van der Waals surface area (Å²) in [7, 11) is 0. The molecule has 3 aromatic heterocycles. The van der Waals surface area contributed by atoms with E-state index in [1.165, 1.54) is 11.8 Å². The Labute approximate surface area is 177 Å². The number of hydrogen-bond acceptors (Lipinski definition) is 6. The number of nitrogens with zero attached hydrogens (tertiary/aromatic N) is 3. The number of carbonyl (C=O) groups is 1. The van der Waals surface area contributed by atoms with Crippen molar-refractivity contribution in [2.75, 3.05) is 5.75 Å². The van der Waals surface area contributed by atoms with E-state index in [-0.39, 0.29) is 17.7 Å². The number of aromatic nitrogens is 3. The van der Waals surface area contributed by atoms with E-state index >= 15 is 0 Å². The first-order chi connectivity index (χ1) is 14.3. The summed E-state index contributed by atoms with van der Waals surface area (Å²) in [6.45, 7) is 2.71. The molecule has 0 aliphatic heterocycles. The lowest BCUT2D eigenvalue weighted by molar-refractivity contribution is -0.119. The van der Waals surface area contributed by atoms with Crippen molar-refractivity contribution >= 4 is 29.0 Å². The van der Waals surface area contributed by atoms with Gasteiger partial charge in [-0.3, -0.25) is 9.36 Å². The number of carbonyl (C=O) groups excluding carboxylic acids is 1. The zero-order valence-electron chi connectivity index (χ0n) is 15.8. The van der Waals surface area contributed by atoms with Gasteiger partial charge in [-0.15, -0.1) is 21.5 Å². The molecule has 0 aliphatic rings. The topological polar surface area (TPSA) is 73.0 Å². The van der Waals surface area contributed by atoms with Crippen molar-refractivity contribution in [3.05, 3.63) is 76.7 Å². The first kappa shape index (κ1) is 19.5. The molecule has 0 bridgehead atoms. The minimum atomic E-state index is -0.160. The van der Waals surface area contributed by atoms with Crippen LogP contribution in [-0.4, -0.2) is 26.4 Å². The van der Waals surface area contributed by atoms with Crippen LogP contribution in [0.2, 0.25) is 0 Å². The van der Waals surface area contributed by atoms with Gasteiger partial charge in [-0.1, -0.05) is 48.2 Å². The fourth-order valence-corrected chi connectivity index (χ4v) is 4.64. The number of thiophene rings is 1. The third kappa shape index (κ3) is 4.44. The maximum Gasteiger partial charge on any atom is 0.231 e. The first-order valence-corrected chi connectivity index (χ1v) is 11.1. The Morgan fingerprint density at radius 2 is 2.03 bits per heavy atom. The maximum atomic E-state index is 12.7. The van der Waals surface area contributed by atoms with Crippen LogP contribution < -0.4 is 5.32 Å². The summed E-state index contributed by atoms with van der Waals surface area (Å²) in [6, 6.07) is 17.5. The third-order valence-electron chi connectivity index (χ3n) is 4.37. The number of benzene rings is 1. The van der Waals surface area contributed by atoms with Crippen molar-refractivity contribution in [3.8, 4) is 11.6 Å². The molecule has 4 aromatic rings. The molecule has 148 valence electrons. The number of thioether (sulfide) groups is 1. The van der Waals surface area contributed by atoms with Crippen LogP contribution in [0.15, 0.2) is 75.8 Å². The average Bonchev–Trinajstić information content (AvgIpc) is 3.52. The molecule has 1 amide bonds. The zero-order chi connectivity index (χ0) is 20.1. The second kappa shape index (κ2) is 9.11. The Bertz CT molecular complexity index is 1040. The summed E-state index contributed by atoms with van der Waals surface area (Å²) in [4.78, 5) is 13.8. The SMILES string of the molecule is CCn1c(SCC(=O)N[C@@H](c2ccccc2)c2cccs2)nnc1-c1ccco1. The molecule has 0 radical (unpaired) electrons. The normalized spacial score (nSPS) is 12.0. The van der Waals surface area contributed by atoms with Crippen molar-refractivity contribution in [2.24, 2.45) is 0 Å². The highest BCUT2D eigenvalue weighted by molar-refractivity contribution is 7.99. The Morgan fingerprint density at radius 3 is 2.72 bits per heavy atom. The predicted octanol–water partition coefficient (Wildman–Crippen LogP) is 4.62. The maximum absolute atomic E-state index is 12.7. The molecule has 0 saturated carbocycles. The molecule has 1 N–H and O–H groups in total. The van der Waals surface area contributed by atoms with Gasteiger partial charge in [0.15, 0.2) is 16.7 Å². The van der Waals surface area contributed by atoms with Crippen molar-refractivity contribution in [3.63, 3.8) is 0 Å². The lowest BCUT2D eigenvalue weighted by Crippen LogP contribution is -2.30. The Morgan fingerprint density at radius 1 is 1.17 bits per heavy atom. The largest absolute Gasteiger partial charge is 0.461 e. The van der Waals surface area contributed by atoms with E-state index in [9.17, 15) is 4.79 Å². The van der Waals surface area contributed by atoms with Gasteiger partial charge in [0.25, 0.3) is 0 Å². The van der Waals surface area contributed by atoms with Gasteiger partial charge in [-0.05, 0) is 36.1 Å². The molecule has 29 heavy (non-hydrogen) atoms. The van der Waals surface area contributed by atoms with E-state index in [1.54, 1.807) is 17.6 Å². The van der Waals surface area contributed by atoms with E-state index in [2.05, 4.69) is 15.5 Å². The lowest BCUT2D eigenvalue weighted by atomic mass is 10.1.